The van der Waals surface area contributed by atoms with Gasteiger partial charge in [0.05, 0.1) is 5.71 Å². The molecule has 1 atom stereocenters. The molecular formula is C22H29N3O2. The lowest BCUT2D eigenvalue weighted by Crippen LogP contribution is -2.24. The van der Waals surface area contributed by atoms with E-state index in [4.69, 9.17) is 0 Å². The molecule has 2 N–H and O–H groups in total. The number of anilines is 1. The molecule has 1 aliphatic rings. The number of hydrogen-bond donors (Lipinski definition) is 2. The van der Waals surface area contributed by atoms with Crippen molar-refractivity contribution in [2.24, 2.45) is 11.0 Å². The summed E-state index contributed by atoms with van der Waals surface area (Å²) in [5.41, 5.74) is 8.59. The van der Waals surface area contributed by atoms with Crippen molar-refractivity contribution in [2.45, 2.75) is 53.4 Å². The Hall–Kier alpha value is -2.69. The molecule has 5 nitrogen and oxygen atoms in total. The van der Waals surface area contributed by atoms with Gasteiger partial charge in [0.1, 0.15) is 0 Å². The van der Waals surface area contributed by atoms with E-state index in [0.29, 0.717) is 5.92 Å². The molecule has 0 radical (unpaired) electrons. The lowest BCUT2D eigenvalue weighted by Gasteiger charge is -2.22. The van der Waals surface area contributed by atoms with Crippen molar-refractivity contribution in [2.75, 3.05) is 5.32 Å². The van der Waals surface area contributed by atoms with E-state index in [0.717, 1.165) is 46.5 Å². The van der Waals surface area contributed by atoms with Gasteiger partial charge < -0.3 is 5.32 Å². The standard InChI is InChI=1S/C22H29N3O2/c1-14(2)18-8-7-16(4)20(13-18)24-25-22(27)11-10-21(26)23-19-9-6-15(3)12-17(19)5/h6-7,9,12,18H,1,8,10-11,13H2,2-5H3,(H,23,26)(H,25,27)/b24-20+/t18-/m0/s1. The van der Waals surface area contributed by atoms with Crippen LogP contribution in [0.1, 0.15) is 50.7 Å². The number of benzene rings is 1. The first-order chi connectivity index (χ1) is 12.8. The summed E-state index contributed by atoms with van der Waals surface area (Å²) >= 11 is 0. The molecule has 0 fully saturated rings. The van der Waals surface area contributed by atoms with Crippen molar-refractivity contribution in [3.8, 4) is 0 Å². The Morgan fingerprint density at radius 2 is 1.89 bits per heavy atom. The largest absolute Gasteiger partial charge is 0.326 e. The maximum absolute atomic E-state index is 12.1. The van der Waals surface area contributed by atoms with Crippen LogP contribution in [0.5, 0.6) is 0 Å². The molecule has 0 saturated carbocycles. The fraction of sp³-hybridized carbons (Fsp3) is 0.409. The fourth-order valence-corrected chi connectivity index (χ4v) is 3.00. The topological polar surface area (TPSA) is 70.6 Å². The maximum atomic E-state index is 12.1. The number of allylic oxidation sites excluding steroid dienone is 3. The zero-order chi connectivity index (χ0) is 20.0. The monoisotopic (exact) mass is 367 g/mol. The predicted octanol–water partition coefficient (Wildman–Crippen LogP) is 4.43. The highest BCUT2D eigenvalue weighted by atomic mass is 16.2. The first-order valence-corrected chi connectivity index (χ1v) is 9.31. The van der Waals surface area contributed by atoms with Crippen LogP contribution >= 0.6 is 0 Å². The van der Waals surface area contributed by atoms with Gasteiger partial charge in [-0.2, -0.15) is 5.10 Å². The molecule has 0 unspecified atom stereocenters. The SMILES string of the molecule is C=C(C)[C@H]1CC=C(C)/C(=N/NC(=O)CCC(=O)Nc2ccc(C)cc2C)C1. The molecule has 0 spiro atoms. The van der Waals surface area contributed by atoms with Gasteiger partial charge in [-0.05, 0) is 63.7 Å². The third-order valence-electron chi connectivity index (χ3n) is 4.85. The Labute approximate surface area is 161 Å². The second-order valence-electron chi connectivity index (χ2n) is 7.33. The Morgan fingerprint density at radius 1 is 1.19 bits per heavy atom. The Balaban J connectivity index is 1.83. The number of hydrazone groups is 1. The van der Waals surface area contributed by atoms with Crippen molar-refractivity contribution < 1.29 is 9.59 Å². The highest BCUT2D eigenvalue weighted by Crippen LogP contribution is 2.26. The van der Waals surface area contributed by atoms with E-state index in [1.165, 1.54) is 0 Å². The van der Waals surface area contributed by atoms with Crippen molar-refractivity contribution >= 4 is 23.2 Å². The molecule has 1 aromatic carbocycles. The lowest BCUT2D eigenvalue weighted by atomic mass is 9.85. The van der Waals surface area contributed by atoms with E-state index in [-0.39, 0.29) is 24.7 Å². The van der Waals surface area contributed by atoms with Crippen molar-refractivity contribution in [1.29, 1.82) is 0 Å². The van der Waals surface area contributed by atoms with Gasteiger partial charge in [0.15, 0.2) is 0 Å². The molecule has 0 saturated heterocycles. The Morgan fingerprint density at radius 3 is 2.56 bits per heavy atom. The summed E-state index contributed by atoms with van der Waals surface area (Å²) in [6, 6.07) is 5.84. The van der Waals surface area contributed by atoms with Crippen molar-refractivity contribution in [1.82, 2.24) is 5.43 Å². The predicted molar refractivity (Wildman–Crippen MR) is 111 cm³/mol. The van der Waals surface area contributed by atoms with Crippen LogP contribution < -0.4 is 10.7 Å². The Kier molecular flexibility index (Phi) is 7.11. The van der Waals surface area contributed by atoms with E-state index in [9.17, 15) is 9.59 Å². The lowest BCUT2D eigenvalue weighted by molar-refractivity contribution is -0.124. The normalized spacial score (nSPS) is 18.0. The number of carbonyl (C=O) groups is 2. The summed E-state index contributed by atoms with van der Waals surface area (Å²) in [4.78, 5) is 24.1. The molecular weight excluding hydrogens is 338 g/mol. The van der Waals surface area contributed by atoms with E-state index in [2.05, 4.69) is 28.5 Å². The second-order valence-corrected chi connectivity index (χ2v) is 7.33. The number of carbonyl (C=O) groups excluding carboxylic acids is 2. The summed E-state index contributed by atoms with van der Waals surface area (Å²) in [5.74, 6) is -0.0720. The molecule has 1 aromatic rings. The van der Waals surface area contributed by atoms with E-state index in [1.54, 1.807) is 0 Å². The van der Waals surface area contributed by atoms with Crippen LogP contribution in [0, 0.1) is 19.8 Å². The van der Waals surface area contributed by atoms with Crippen molar-refractivity contribution in [3.63, 3.8) is 0 Å². The number of aryl methyl sites for hydroxylation is 2. The third kappa shape index (κ3) is 6.20. The highest BCUT2D eigenvalue weighted by molar-refractivity contribution is 6.01. The quantitative estimate of drug-likeness (QED) is 0.577. The number of nitrogens with one attached hydrogen (secondary N) is 2. The smallest absolute Gasteiger partial charge is 0.240 e. The molecule has 144 valence electrons. The van der Waals surface area contributed by atoms with E-state index in [1.807, 2.05) is 45.9 Å². The van der Waals surface area contributed by atoms with Gasteiger partial charge in [0, 0.05) is 18.5 Å². The minimum atomic E-state index is -0.261. The fourth-order valence-electron chi connectivity index (χ4n) is 3.00. The van der Waals surface area contributed by atoms with Gasteiger partial charge in [0.25, 0.3) is 0 Å². The average Bonchev–Trinajstić information content (AvgIpc) is 2.61. The molecule has 1 aliphatic carbocycles. The highest BCUT2D eigenvalue weighted by Gasteiger charge is 2.19. The summed E-state index contributed by atoms with van der Waals surface area (Å²) in [5, 5.41) is 7.11. The van der Waals surface area contributed by atoms with Gasteiger partial charge in [0.2, 0.25) is 11.8 Å². The number of rotatable bonds is 6. The maximum Gasteiger partial charge on any atom is 0.240 e. The van der Waals surface area contributed by atoms with E-state index >= 15 is 0 Å². The number of hydrogen-bond acceptors (Lipinski definition) is 3. The summed E-state index contributed by atoms with van der Waals surface area (Å²) in [6.07, 6.45) is 4.09. The Bertz CT molecular complexity index is 806. The van der Waals surface area contributed by atoms with Gasteiger partial charge in [-0.3, -0.25) is 9.59 Å². The van der Waals surface area contributed by atoms with Crippen LogP contribution in [0.4, 0.5) is 5.69 Å². The van der Waals surface area contributed by atoms with E-state index < -0.39 is 0 Å². The minimum absolute atomic E-state index is 0.0974. The average molecular weight is 367 g/mol. The van der Waals surface area contributed by atoms with Crippen molar-refractivity contribution in [3.05, 3.63) is 53.1 Å². The number of amides is 2. The van der Waals surface area contributed by atoms with Gasteiger partial charge in [-0.25, -0.2) is 5.43 Å². The minimum Gasteiger partial charge on any atom is -0.326 e. The first kappa shape index (κ1) is 20.6. The molecule has 0 aromatic heterocycles. The van der Waals surface area contributed by atoms with Gasteiger partial charge in [-0.1, -0.05) is 35.9 Å². The molecule has 0 aliphatic heterocycles. The van der Waals surface area contributed by atoms with Crippen LogP contribution in [0.2, 0.25) is 0 Å². The van der Waals surface area contributed by atoms with Gasteiger partial charge in [-0.15, -0.1) is 0 Å². The second kappa shape index (κ2) is 9.31. The molecule has 5 heteroatoms. The summed E-state index contributed by atoms with van der Waals surface area (Å²) < 4.78 is 0. The summed E-state index contributed by atoms with van der Waals surface area (Å²) in [6.45, 7) is 12.0. The molecule has 2 rings (SSSR count). The van der Waals surface area contributed by atoms with Crippen LogP contribution in [-0.2, 0) is 9.59 Å². The first-order valence-electron chi connectivity index (χ1n) is 9.31. The van der Waals surface area contributed by atoms with Crippen LogP contribution in [0.3, 0.4) is 0 Å². The molecule has 27 heavy (non-hydrogen) atoms. The number of nitrogens with zero attached hydrogens (tertiary/aromatic N) is 1. The van der Waals surface area contributed by atoms with Crippen LogP contribution in [0.25, 0.3) is 0 Å². The van der Waals surface area contributed by atoms with Gasteiger partial charge >= 0.3 is 0 Å². The molecule has 0 bridgehead atoms. The van der Waals surface area contributed by atoms with Crippen LogP contribution in [-0.4, -0.2) is 17.5 Å². The third-order valence-corrected chi connectivity index (χ3v) is 4.85. The zero-order valence-corrected chi connectivity index (χ0v) is 16.7. The zero-order valence-electron chi connectivity index (χ0n) is 16.7. The summed E-state index contributed by atoms with van der Waals surface area (Å²) in [7, 11) is 0. The molecule has 0 heterocycles. The molecule has 2 amide bonds. The van der Waals surface area contributed by atoms with Crippen LogP contribution in [0.15, 0.2) is 47.1 Å².